The molecule has 0 saturated carbocycles. The topological polar surface area (TPSA) is 98.8 Å². The molecule has 2 aromatic rings. The first-order chi connectivity index (χ1) is 22.4. The van der Waals surface area contributed by atoms with Crippen molar-refractivity contribution in [3.63, 3.8) is 0 Å². The summed E-state index contributed by atoms with van der Waals surface area (Å²) in [6, 6.07) is 5.84. The molecule has 0 atom stereocenters. The van der Waals surface area contributed by atoms with E-state index in [1.165, 1.54) is 12.1 Å². The number of hydrogen-bond donors (Lipinski definition) is 2. The molecule has 8 nitrogen and oxygen atoms in total. The number of thiocarbonyl (C=S) groups is 2. The minimum Gasteiger partial charge on any atom is -0.326 e. The van der Waals surface area contributed by atoms with Gasteiger partial charge in [-0.15, -0.1) is 0 Å². The van der Waals surface area contributed by atoms with Gasteiger partial charge >= 0.3 is 12.4 Å². The van der Waals surface area contributed by atoms with Crippen molar-refractivity contribution in [1.82, 2.24) is 9.80 Å². The molecule has 4 amide bonds. The number of carbonyl (C=O) groups excluding carboxylic acids is 4. The summed E-state index contributed by atoms with van der Waals surface area (Å²) in [5.74, 6) is -2.72. The Morgan fingerprint density at radius 2 is 1.04 bits per heavy atom. The van der Waals surface area contributed by atoms with E-state index in [2.05, 4.69) is 10.6 Å². The summed E-state index contributed by atoms with van der Waals surface area (Å²) in [5, 5.41) is 4.08. The number of carbonyl (C=O) groups is 4. The van der Waals surface area contributed by atoms with Gasteiger partial charge in [0.15, 0.2) is 0 Å². The maximum Gasteiger partial charge on any atom is 0.418 e. The molecule has 2 fully saturated rings. The summed E-state index contributed by atoms with van der Waals surface area (Å²) < 4.78 is 80.1. The van der Waals surface area contributed by atoms with E-state index in [4.69, 9.17) is 47.6 Å². The molecule has 256 valence electrons. The highest BCUT2D eigenvalue weighted by Crippen LogP contribution is 2.43. The van der Waals surface area contributed by atoms with E-state index >= 15 is 0 Å². The molecule has 0 spiro atoms. The number of thioether (sulfide) groups is 2. The minimum absolute atomic E-state index is 0.000413. The van der Waals surface area contributed by atoms with Crippen LogP contribution < -0.4 is 10.6 Å². The van der Waals surface area contributed by atoms with E-state index in [-0.39, 0.29) is 67.3 Å². The van der Waals surface area contributed by atoms with Crippen molar-refractivity contribution in [2.75, 3.05) is 23.7 Å². The van der Waals surface area contributed by atoms with E-state index in [0.29, 0.717) is 12.1 Å². The molecule has 48 heavy (non-hydrogen) atoms. The number of alkyl halides is 6. The zero-order valence-electron chi connectivity index (χ0n) is 23.9. The van der Waals surface area contributed by atoms with Crippen LogP contribution in [-0.2, 0) is 31.5 Å². The van der Waals surface area contributed by atoms with E-state index in [0.717, 1.165) is 45.5 Å². The molecule has 2 aromatic carbocycles. The maximum absolute atomic E-state index is 13.3. The third kappa shape index (κ3) is 9.20. The predicted octanol–water partition coefficient (Wildman–Crippen LogP) is 8.10. The predicted molar refractivity (Wildman–Crippen MR) is 179 cm³/mol. The van der Waals surface area contributed by atoms with Crippen LogP contribution in [0.4, 0.5) is 37.7 Å². The van der Waals surface area contributed by atoms with Crippen LogP contribution in [0, 0.1) is 0 Å². The first-order valence-corrected chi connectivity index (χ1v) is 16.7. The van der Waals surface area contributed by atoms with Crippen LogP contribution in [0.1, 0.15) is 36.8 Å². The highest BCUT2D eigenvalue weighted by atomic mass is 35.5. The fourth-order valence-corrected chi connectivity index (χ4v) is 7.51. The Labute approximate surface area is 297 Å². The van der Waals surface area contributed by atoms with E-state index in [9.17, 15) is 45.5 Å². The molecule has 2 aliphatic rings. The van der Waals surface area contributed by atoms with Gasteiger partial charge in [-0.25, -0.2) is 0 Å². The van der Waals surface area contributed by atoms with Crippen molar-refractivity contribution < 1.29 is 45.5 Å². The Hall–Kier alpha value is -2.90. The van der Waals surface area contributed by atoms with Crippen LogP contribution in [0.5, 0.6) is 0 Å². The monoisotopic (exact) mass is 788 g/mol. The molecule has 2 N–H and O–H groups in total. The minimum atomic E-state index is -4.76. The quantitative estimate of drug-likeness (QED) is 0.142. The number of anilines is 2. The second-order valence-electron chi connectivity index (χ2n) is 9.99. The number of halogens is 8. The zero-order chi connectivity index (χ0) is 35.6. The molecular weight excluding hydrogens is 769 g/mol. The van der Waals surface area contributed by atoms with Crippen molar-refractivity contribution in [3.05, 3.63) is 67.4 Å². The Balaban J connectivity index is 1.31. The Bertz CT molecular complexity index is 1610. The Morgan fingerprint density at radius 3 is 1.38 bits per heavy atom. The largest absolute Gasteiger partial charge is 0.418 e. The molecule has 0 unspecified atom stereocenters. The average Bonchev–Trinajstić information content (AvgIpc) is 3.42. The molecular formula is C28H20Cl2F6N4O4S4. The van der Waals surface area contributed by atoms with E-state index in [1.54, 1.807) is 0 Å². The second-order valence-corrected chi connectivity index (χ2v) is 14.1. The summed E-state index contributed by atoms with van der Waals surface area (Å²) in [6.07, 6.45) is -9.95. The van der Waals surface area contributed by atoms with Gasteiger partial charge in [-0.1, -0.05) is 71.2 Å². The average molecular weight is 790 g/mol. The number of rotatable bonds is 10. The van der Waals surface area contributed by atoms with Crippen molar-refractivity contribution >= 4 is 115 Å². The molecule has 2 saturated heterocycles. The summed E-state index contributed by atoms with van der Waals surface area (Å²) in [6.45, 7) is -0.124. The summed E-state index contributed by atoms with van der Waals surface area (Å²) in [5.41, 5.74) is -3.17. The molecule has 2 aliphatic heterocycles. The number of hydrogen-bond acceptors (Lipinski definition) is 8. The lowest BCUT2D eigenvalue weighted by molar-refractivity contribution is -0.137. The van der Waals surface area contributed by atoms with Crippen molar-refractivity contribution in [2.45, 2.75) is 38.0 Å². The van der Waals surface area contributed by atoms with Gasteiger partial charge in [0, 0.05) is 36.0 Å². The van der Waals surface area contributed by atoms with Crippen LogP contribution in [0.25, 0.3) is 0 Å². The van der Waals surface area contributed by atoms with Crippen LogP contribution in [0.3, 0.4) is 0 Å². The van der Waals surface area contributed by atoms with E-state index in [1.807, 2.05) is 0 Å². The SMILES string of the molecule is O=C(CCCN1C(=O)C(=C2SC(=S)N(CCCC(=O)Nc3ccc(Cl)cc3C(F)(F)F)C2=O)SC1=S)Nc1ccc(Cl)cc1C(F)(F)F. The summed E-state index contributed by atoms with van der Waals surface area (Å²) in [7, 11) is 0. The summed E-state index contributed by atoms with van der Waals surface area (Å²) >= 11 is 23.6. The third-order valence-electron chi connectivity index (χ3n) is 6.60. The fourth-order valence-electron chi connectivity index (χ4n) is 4.40. The molecule has 2 heterocycles. The fraction of sp³-hybridized carbons (Fsp3) is 0.286. The van der Waals surface area contributed by atoms with Crippen LogP contribution in [0.15, 0.2) is 46.2 Å². The van der Waals surface area contributed by atoms with Crippen LogP contribution in [0.2, 0.25) is 10.0 Å². The van der Waals surface area contributed by atoms with Gasteiger partial charge in [0.05, 0.1) is 32.3 Å². The molecule has 4 rings (SSSR count). The van der Waals surface area contributed by atoms with Gasteiger partial charge in [-0.3, -0.25) is 29.0 Å². The molecule has 20 heteroatoms. The lowest BCUT2D eigenvalue weighted by Gasteiger charge is -2.16. The number of nitrogens with one attached hydrogen (secondary N) is 2. The number of amides is 4. The first kappa shape index (κ1) is 37.9. The van der Waals surface area contributed by atoms with Gasteiger partial charge in [0.2, 0.25) is 11.8 Å². The maximum atomic E-state index is 13.3. The van der Waals surface area contributed by atoms with Gasteiger partial charge in [0.25, 0.3) is 11.8 Å². The molecule has 0 bridgehead atoms. The summed E-state index contributed by atoms with van der Waals surface area (Å²) in [4.78, 5) is 53.4. The molecule has 0 aliphatic carbocycles. The van der Waals surface area contributed by atoms with Crippen molar-refractivity contribution in [3.8, 4) is 0 Å². The normalized spacial score (nSPS) is 17.1. The van der Waals surface area contributed by atoms with Crippen LogP contribution >= 0.6 is 71.2 Å². The van der Waals surface area contributed by atoms with Gasteiger partial charge < -0.3 is 10.6 Å². The first-order valence-electron chi connectivity index (χ1n) is 13.5. The van der Waals surface area contributed by atoms with Crippen LogP contribution in [-0.4, -0.2) is 55.2 Å². The zero-order valence-corrected chi connectivity index (χ0v) is 28.7. The van der Waals surface area contributed by atoms with Gasteiger partial charge in [-0.2, -0.15) is 26.3 Å². The smallest absolute Gasteiger partial charge is 0.326 e. The van der Waals surface area contributed by atoms with Crippen molar-refractivity contribution in [2.24, 2.45) is 0 Å². The Kier molecular flexibility index (Phi) is 12.1. The standard InChI is InChI=1S/C28H20Cl2F6N4O4S4/c29-13-5-7-17(15(11-13)27(31,32)33)37-19(41)3-1-9-39-23(43)21(47-25(39)45)22-24(44)40(26(46)48-22)10-2-4-20(42)38-18-8-6-14(30)12-16(18)28(34,35)36/h5-8,11-12H,1-4,9-10H2,(H,37,41)(H,38,42). The molecule has 0 aromatic heterocycles. The third-order valence-corrected chi connectivity index (χ3v) is 10.1. The van der Waals surface area contributed by atoms with Crippen molar-refractivity contribution in [1.29, 1.82) is 0 Å². The second kappa shape index (κ2) is 15.3. The number of benzene rings is 2. The van der Waals surface area contributed by atoms with E-state index < -0.39 is 58.5 Å². The highest BCUT2D eigenvalue weighted by molar-refractivity contribution is 8.29. The molecule has 0 radical (unpaired) electrons. The van der Waals surface area contributed by atoms with Gasteiger partial charge in [0.1, 0.15) is 8.64 Å². The lowest BCUT2D eigenvalue weighted by atomic mass is 10.1. The highest BCUT2D eigenvalue weighted by Gasteiger charge is 2.42. The Morgan fingerprint density at radius 1 is 0.688 bits per heavy atom. The van der Waals surface area contributed by atoms with Gasteiger partial charge in [-0.05, 0) is 49.2 Å². The number of nitrogens with zero attached hydrogens (tertiary/aromatic N) is 2. The lowest BCUT2D eigenvalue weighted by Crippen LogP contribution is -2.31.